The van der Waals surface area contributed by atoms with E-state index in [2.05, 4.69) is 14.5 Å². The number of nitrogens with one attached hydrogen (secondary N) is 1. The molecule has 1 amide bonds. The fourth-order valence-corrected chi connectivity index (χ4v) is 4.06. The third-order valence-corrected chi connectivity index (χ3v) is 6.43. The van der Waals surface area contributed by atoms with Gasteiger partial charge in [-0.05, 0) is 35.9 Å². The molecule has 1 heterocycles. The van der Waals surface area contributed by atoms with Crippen LogP contribution in [0.25, 0.3) is 0 Å². The number of carbonyl (C=O) groups excluding carboxylic acids is 1. The van der Waals surface area contributed by atoms with Gasteiger partial charge in [0.2, 0.25) is 0 Å². The number of nitrogens with zero attached hydrogens (tertiary/aromatic N) is 2. The molecule has 0 bridgehead atoms. The fraction of sp³-hybridized carbons (Fsp3) is 0.350. The molecule has 1 aliphatic heterocycles. The van der Waals surface area contributed by atoms with Crippen molar-refractivity contribution in [1.29, 1.82) is 0 Å². The van der Waals surface area contributed by atoms with Gasteiger partial charge in [0, 0.05) is 49.2 Å². The zero-order valence-corrected chi connectivity index (χ0v) is 18.9. The van der Waals surface area contributed by atoms with Crippen molar-refractivity contribution in [3.63, 3.8) is 0 Å². The molecule has 3 rings (SSSR count). The monoisotopic (exact) mass is 475 g/mol. The fourth-order valence-electron chi connectivity index (χ4n) is 3.16. The summed E-state index contributed by atoms with van der Waals surface area (Å²) in [6.07, 6.45) is 0. The first-order valence-corrected chi connectivity index (χ1v) is 11.3. The zero-order valence-electron chi connectivity index (χ0n) is 15.9. The summed E-state index contributed by atoms with van der Waals surface area (Å²) >= 11 is 19.7. The number of hydrogen-bond acceptors (Lipinski definition) is 4. The summed E-state index contributed by atoms with van der Waals surface area (Å²) in [4.78, 5) is 16.5. The number of anilines is 1. The summed E-state index contributed by atoms with van der Waals surface area (Å²) < 4.78 is 17.0. The molecule has 0 saturated carbocycles. The minimum absolute atomic E-state index is 0.0378. The second-order valence-corrected chi connectivity index (χ2v) is 8.94. The van der Waals surface area contributed by atoms with Crippen molar-refractivity contribution < 1.29 is 9.18 Å². The van der Waals surface area contributed by atoms with Crippen LogP contribution in [-0.2, 0) is 6.54 Å². The molecule has 0 aromatic heterocycles. The van der Waals surface area contributed by atoms with E-state index in [1.54, 1.807) is 6.07 Å². The summed E-state index contributed by atoms with van der Waals surface area (Å²) in [7, 11) is 0. The zero-order chi connectivity index (χ0) is 21.0. The lowest BCUT2D eigenvalue weighted by molar-refractivity contribution is 0.0980. The molecule has 0 radical (unpaired) electrons. The Morgan fingerprint density at radius 1 is 1.07 bits per heavy atom. The van der Waals surface area contributed by atoms with Crippen molar-refractivity contribution in [3.8, 4) is 0 Å². The van der Waals surface area contributed by atoms with Crippen LogP contribution in [0.5, 0.6) is 0 Å². The highest BCUT2D eigenvalue weighted by atomic mass is 35.5. The number of rotatable bonds is 6. The second-order valence-electron chi connectivity index (χ2n) is 6.65. The lowest BCUT2D eigenvalue weighted by atomic mass is 10.1. The van der Waals surface area contributed by atoms with Crippen LogP contribution >= 0.6 is 46.8 Å². The smallest absolute Gasteiger partial charge is 0.264 e. The largest absolute Gasteiger partial charge is 0.369 e. The Balaban J connectivity index is 1.62. The predicted octanol–water partition coefficient (Wildman–Crippen LogP) is 5.51. The van der Waals surface area contributed by atoms with Gasteiger partial charge in [-0.1, -0.05) is 53.7 Å². The standard InChI is InChI=1S/C20H21Cl3FN3OS/c1-2-29-25-20(28)15-11-17(22)13(9-19(15)24)12-26-5-7-27(8-6-26)14-3-4-16(21)18(23)10-14/h3-4,9-11H,2,5-8,12H2,1H3,(H,25,28). The molecular weight excluding hydrogens is 456 g/mol. The van der Waals surface area contributed by atoms with E-state index in [1.807, 2.05) is 19.1 Å². The third kappa shape index (κ3) is 5.70. The van der Waals surface area contributed by atoms with E-state index in [1.165, 1.54) is 24.1 Å². The topological polar surface area (TPSA) is 35.6 Å². The van der Waals surface area contributed by atoms with Crippen LogP contribution in [0.15, 0.2) is 30.3 Å². The lowest BCUT2D eigenvalue weighted by Crippen LogP contribution is -2.46. The molecule has 9 heteroatoms. The quantitative estimate of drug-likeness (QED) is 0.558. The number of carbonyl (C=O) groups is 1. The first kappa shape index (κ1) is 22.5. The molecule has 0 atom stereocenters. The van der Waals surface area contributed by atoms with E-state index in [0.29, 0.717) is 32.9 Å². The Kier molecular flexibility index (Phi) is 7.93. The molecule has 2 aromatic rings. The van der Waals surface area contributed by atoms with Gasteiger partial charge in [0.25, 0.3) is 5.91 Å². The Hall–Kier alpha value is -1.18. The van der Waals surface area contributed by atoms with Gasteiger partial charge in [-0.25, -0.2) is 4.39 Å². The van der Waals surface area contributed by atoms with Gasteiger partial charge in [0.1, 0.15) is 5.82 Å². The number of hydrogen-bond donors (Lipinski definition) is 1. The number of amides is 1. The van der Waals surface area contributed by atoms with Gasteiger partial charge in [-0.2, -0.15) is 0 Å². The van der Waals surface area contributed by atoms with Crippen molar-refractivity contribution in [1.82, 2.24) is 9.62 Å². The molecule has 0 spiro atoms. The average Bonchev–Trinajstić information content (AvgIpc) is 2.71. The van der Waals surface area contributed by atoms with Crippen molar-refractivity contribution >= 4 is 58.3 Å². The maximum atomic E-state index is 14.4. The van der Waals surface area contributed by atoms with E-state index in [4.69, 9.17) is 34.8 Å². The maximum Gasteiger partial charge on any atom is 0.264 e. The van der Waals surface area contributed by atoms with Crippen LogP contribution < -0.4 is 9.62 Å². The van der Waals surface area contributed by atoms with Crippen LogP contribution in [0.2, 0.25) is 15.1 Å². The second kappa shape index (κ2) is 10.2. The van der Waals surface area contributed by atoms with E-state index in [0.717, 1.165) is 31.9 Å². The van der Waals surface area contributed by atoms with Crippen LogP contribution in [0.4, 0.5) is 10.1 Å². The normalized spacial score (nSPS) is 14.9. The summed E-state index contributed by atoms with van der Waals surface area (Å²) in [6, 6.07) is 8.39. The van der Waals surface area contributed by atoms with Crippen molar-refractivity contribution in [2.75, 3.05) is 36.8 Å². The van der Waals surface area contributed by atoms with Crippen molar-refractivity contribution in [2.45, 2.75) is 13.5 Å². The molecule has 29 heavy (non-hydrogen) atoms. The molecule has 1 saturated heterocycles. The van der Waals surface area contributed by atoms with E-state index in [-0.39, 0.29) is 5.56 Å². The Bertz CT molecular complexity index is 892. The molecule has 2 aromatic carbocycles. The van der Waals surface area contributed by atoms with Crippen LogP contribution in [0, 0.1) is 5.82 Å². The summed E-state index contributed by atoms with van der Waals surface area (Å²) in [5.41, 5.74) is 1.67. The third-order valence-electron chi connectivity index (χ3n) is 4.72. The van der Waals surface area contributed by atoms with Crippen molar-refractivity contribution in [2.24, 2.45) is 0 Å². The number of piperazine rings is 1. The van der Waals surface area contributed by atoms with Crippen LogP contribution in [0.1, 0.15) is 22.8 Å². The molecule has 156 valence electrons. The van der Waals surface area contributed by atoms with Gasteiger partial charge < -0.3 is 4.90 Å². The highest BCUT2D eigenvalue weighted by Crippen LogP contribution is 2.28. The summed E-state index contributed by atoms with van der Waals surface area (Å²) in [6.45, 7) is 5.65. The highest BCUT2D eigenvalue weighted by molar-refractivity contribution is 7.97. The van der Waals surface area contributed by atoms with Gasteiger partial charge >= 0.3 is 0 Å². The minimum Gasteiger partial charge on any atom is -0.369 e. The first-order valence-electron chi connectivity index (χ1n) is 9.21. The van der Waals surface area contributed by atoms with Crippen LogP contribution in [-0.4, -0.2) is 42.7 Å². The minimum atomic E-state index is -0.562. The molecule has 0 aliphatic carbocycles. The number of benzene rings is 2. The van der Waals surface area contributed by atoms with Gasteiger partial charge in [0.15, 0.2) is 0 Å². The summed E-state index contributed by atoms with van der Waals surface area (Å²) in [5, 5.41) is 1.47. The lowest BCUT2D eigenvalue weighted by Gasteiger charge is -2.36. The highest BCUT2D eigenvalue weighted by Gasteiger charge is 2.21. The molecule has 1 fully saturated rings. The molecule has 0 unspecified atom stereocenters. The summed E-state index contributed by atoms with van der Waals surface area (Å²) in [5.74, 6) is -0.334. The van der Waals surface area contributed by atoms with E-state index in [9.17, 15) is 9.18 Å². The van der Waals surface area contributed by atoms with Crippen LogP contribution in [0.3, 0.4) is 0 Å². The Labute approximate surface area is 189 Å². The molecule has 1 aliphatic rings. The van der Waals surface area contributed by atoms with Gasteiger partial charge in [0.05, 0.1) is 15.6 Å². The maximum absolute atomic E-state index is 14.4. The predicted molar refractivity (Wildman–Crippen MR) is 121 cm³/mol. The van der Waals surface area contributed by atoms with Crippen molar-refractivity contribution in [3.05, 3.63) is 62.3 Å². The Morgan fingerprint density at radius 2 is 1.79 bits per heavy atom. The van der Waals surface area contributed by atoms with E-state index < -0.39 is 11.7 Å². The first-order chi connectivity index (χ1) is 13.9. The van der Waals surface area contributed by atoms with Gasteiger partial charge in [-0.3, -0.25) is 14.4 Å². The molecule has 1 N–H and O–H groups in total. The molecule has 4 nitrogen and oxygen atoms in total. The van der Waals surface area contributed by atoms with Gasteiger partial charge in [-0.15, -0.1) is 0 Å². The Morgan fingerprint density at radius 3 is 2.45 bits per heavy atom. The SMILES string of the molecule is CCSNC(=O)c1cc(Cl)c(CN2CCN(c3ccc(Cl)c(Cl)c3)CC2)cc1F. The molecular formula is C20H21Cl3FN3OS. The average molecular weight is 477 g/mol. The number of halogens is 4. The van der Waals surface area contributed by atoms with E-state index >= 15 is 0 Å².